The summed E-state index contributed by atoms with van der Waals surface area (Å²) in [6.07, 6.45) is 0. The van der Waals surface area contributed by atoms with Gasteiger partial charge in [0.15, 0.2) is 0 Å². The van der Waals surface area contributed by atoms with Gasteiger partial charge in [0, 0.05) is 10.6 Å². The van der Waals surface area contributed by atoms with Crippen molar-refractivity contribution in [3.63, 3.8) is 0 Å². The Morgan fingerprint density at radius 2 is 1.57 bits per heavy atom. The van der Waals surface area contributed by atoms with Crippen molar-refractivity contribution < 1.29 is 19.1 Å². The number of ether oxygens (including phenoxy) is 2. The zero-order valence-corrected chi connectivity index (χ0v) is 13.3. The molecule has 0 aliphatic carbocycles. The molecule has 0 atom stereocenters. The van der Waals surface area contributed by atoms with Gasteiger partial charge in [0.05, 0.1) is 19.8 Å². The molecule has 0 bridgehead atoms. The lowest BCUT2D eigenvalue weighted by Gasteiger charge is -2.11. The summed E-state index contributed by atoms with van der Waals surface area (Å²) in [6.45, 7) is 0. The Balaban J connectivity index is 2.07. The van der Waals surface area contributed by atoms with Crippen molar-refractivity contribution in [3.05, 3.63) is 58.6 Å². The van der Waals surface area contributed by atoms with Gasteiger partial charge in [-0.2, -0.15) is 0 Å². The van der Waals surface area contributed by atoms with Gasteiger partial charge in [-0.05, 0) is 42.5 Å². The Hall–Kier alpha value is -2.73. The van der Waals surface area contributed by atoms with E-state index in [0.717, 1.165) is 0 Å². The summed E-state index contributed by atoms with van der Waals surface area (Å²) >= 11 is 5.76. The van der Waals surface area contributed by atoms with E-state index in [0.29, 0.717) is 22.1 Å². The van der Waals surface area contributed by atoms with E-state index in [9.17, 15) is 9.59 Å². The van der Waals surface area contributed by atoms with Gasteiger partial charge in [0.1, 0.15) is 11.5 Å². The van der Waals surface area contributed by atoms with Crippen molar-refractivity contribution in [3.8, 4) is 11.5 Å². The molecule has 2 amide bonds. The highest BCUT2D eigenvalue weighted by atomic mass is 35.5. The first kappa shape index (κ1) is 16.6. The topological polar surface area (TPSA) is 76.7 Å². The zero-order chi connectivity index (χ0) is 16.8. The fourth-order valence-electron chi connectivity index (χ4n) is 1.85. The normalized spacial score (nSPS) is 9.87. The molecule has 2 aromatic carbocycles. The quantitative estimate of drug-likeness (QED) is 0.842. The van der Waals surface area contributed by atoms with Crippen LogP contribution in [-0.2, 0) is 0 Å². The van der Waals surface area contributed by atoms with Crippen LogP contribution in [0.25, 0.3) is 0 Å². The number of hydrogen-bond acceptors (Lipinski definition) is 4. The average Bonchev–Trinajstić information content (AvgIpc) is 2.59. The molecule has 2 aromatic rings. The third-order valence-corrected chi connectivity index (χ3v) is 3.30. The van der Waals surface area contributed by atoms with Crippen LogP contribution in [0.2, 0.25) is 5.02 Å². The second-order valence-electron chi connectivity index (χ2n) is 4.48. The molecule has 0 heterocycles. The fourth-order valence-corrected chi connectivity index (χ4v) is 1.97. The lowest BCUT2D eigenvalue weighted by Crippen LogP contribution is -2.41. The lowest BCUT2D eigenvalue weighted by atomic mass is 10.2. The van der Waals surface area contributed by atoms with E-state index in [1.165, 1.54) is 20.3 Å². The van der Waals surface area contributed by atoms with Crippen LogP contribution in [-0.4, -0.2) is 26.0 Å². The summed E-state index contributed by atoms with van der Waals surface area (Å²) in [5.74, 6) is -0.121. The van der Waals surface area contributed by atoms with E-state index in [4.69, 9.17) is 21.1 Å². The maximum atomic E-state index is 12.2. The van der Waals surface area contributed by atoms with Crippen LogP contribution in [0, 0.1) is 0 Å². The monoisotopic (exact) mass is 334 g/mol. The number of carbonyl (C=O) groups excluding carboxylic acids is 2. The van der Waals surface area contributed by atoms with Crippen molar-refractivity contribution in [1.29, 1.82) is 0 Å². The molecule has 0 radical (unpaired) electrons. The molecule has 2 rings (SSSR count). The van der Waals surface area contributed by atoms with Crippen LogP contribution in [0.1, 0.15) is 20.7 Å². The van der Waals surface area contributed by atoms with Crippen LogP contribution < -0.4 is 20.3 Å². The highest BCUT2D eigenvalue weighted by Gasteiger charge is 2.15. The molecular formula is C16H15ClN2O4. The molecule has 0 saturated heterocycles. The van der Waals surface area contributed by atoms with Gasteiger partial charge in [0.25, 0.3) is 11.8 Å². The summed E-state index contributed by atoms with van der Waals surface area (Å²) in [5.41, 5.74) is 5.27. The minimum absolute atomic E-state index is 0.239. The minimum atomic E-state index is -0.525. The lowest BCUT2D eigenvalue weighted by molar-refractivity contribution is 0.0844. The first-order valence-electron chi connectivity index (χ1n) is 6.63. The van der Waals surface area contributed by atoms with Gasteiger partial charge >= 0.3 is 0 Å². The maximum absolute atomic E-state index is 12.2. The van der Waals surface area contributed by atoms with Crippen LogP contribution in [0.5, 0.6) is 11.5 Å². The van der Waals surface area contributed by atoms with Crippen LogP contribution in [0.3, 0.4) is 0 Å². The second-order valence-corrected chi connectivity index (χ2v) is 4.92. The number of hydrazine groups is 1. The molecule has 0 unspecified atom stereocenters. The van der Waals surface area contributed by atoms with Crippen LogP contribution in [0.15, 0.2) is 42.5 Å². The molecule has 23 heavy (non-hydrogen) atoms. The van der Waals surface area contributed by atoms with Gasteiger partial charge in [-0.3, -0.25) is 20.4 Å². The summed E-state index contributed by atoms with van der Waals surface area (Å²) in [6, 6.07) is 11.1. The Labute approximate surface area is 138 Å². The summed E-state index contributed by atoms with van der Waals surface area (Å²) in [5, 5.41) is 0.520. The molecule has 0 fully saturated rings. The number of carbonyl (C=O) groups is 2. The van der Waals surface area contributed by atoms with Gasteiger partial charge in [-0.15, -0.1) is 0 Å². The van der Waals surface area contributed by atoms with Crippen molar-refractivity contribution in [2.45, 2.75) is 0 Å². The molecule has 6 nitrogen and oxygen atoms in total. The molecule has 2 N–H and O–H groups in total. The Morgan fingerprint density at radius 3 is 2.17 bits per heavy atom. The third-order valence-electron chi connectivity index (χ3n) is 3.05. The number of amides is 2. The molecule has 7 heteroatoms. The van der Waals surface area contributed by atoms with Crippen molar-refractivity contribution in [1.82, 2.24) is 10.9 Å². The number of hydrogen-bond donors (Lipinski definition) is 2. The molecule has 120 valence electrons. The molecule has 0 aromatic heterocycles. The Morgan fingerprint density at radius 1 is 0.913 bits per heavy atom. The first-order valence-corrected chi connectivity index (χ1v) is 7.01. The largest absolute Gasteiger partial charge is 0.497 e. The highest BCUT2D eigenvalue weighted by Crippen LogP contribution is 2.23. The van der Waals surface area contributed by atoms with Crippen molar-refractivity contribution in [2.75, 3.05) is 14.2 Å². The van der Waals surface area contributed by atoms with Gasteiger partial charge in [0.2, 0.25) is 0 Å². The van der Waals surface area contributed by atoms with Gasteiger partial charge < -0.3 is 9.47 Å². The Kier molecular flexibility index (Phi) is 5.43. The smallest absolute Gasteiger partial charge is 0.273 e. The number of benzene rings is 2. The molecule has 0 aliphatic heterocycles. The molecule has 0 aliphatic rings. The predicted molar refractivity (Wildman–Crippen MR) is 85.9 cm³/mol. The predicted octanol–water partition coefficient (Wildman–Crippen LogP) is 2.43. The van der Waals surface area contributed by atoms with Crippen molar-refractivity contribution >= 4 is 23.4 Å². The average molecular weight is 335 g/mol. The zero-order valence-electron chi connectivity index (χ0n) is 12.6. The Bertz CT molecular complexity index is 717. The number of methoxy groups -OCH3 is 2. The minimum Gasteiger partial charge on any atom is -0.497 e. The maximum Gasteiger partial charge on any atom is 0.273 e. The molecule has 0 spiro atoms. The van der Waals surface area contributed by atoms with E-state index in [-0.39, 0.29) is 5.56 Å². The SMILES string of the molecule is COc1ccc(OC)c(C(=O)NNC(=O)c2ccc(Cl)cc2)c1. The van der Waals surface area contributed by atoms with E-state index in [1.807, 2.05) is 0 Å². The van der Waals surface area contributed by atoms with Crippen LogP contribution >= 0.6 is 11.6 Å². The summed E-state index contributed by atoms with van der Waals surface area (Å²) in [4.78, 5) is 24.1. The van der Waals surface area contributed by atoms with Crippen LogP contribution in [0.4, 0.5) is 0 Å². The fraction of sp³-hybridized carbons (Fsp3) is 0.125. The second kappa shape index (κ2) is 7.51. The van der Waals surface area contributed by atoms with Crippen molar-refractivity contribution in [2.24, 2.45) is 0 Å². The summed E-state index contributed by atoms with van der Waals surface area (Å²) in [7, 11) is 2.94. The number of nitrogens with one attached hydrogen (secondary N) is 2. The standard InChI is InChI=1S/C16H15ClN2O4/c1-22-12-7-8-14(23-2)13(9-12)16(21)19-18-15(20)10-3-5-11(17)6-4-10/h3-9H,1-2H3,(H,18,20)(H,19,21). The van der Waals surface area contributed by atoms with E-state index in [1.54, 1.807) is 36.4 Å². The highest BCUT2D eigenvalue weighted by molar-refractivity contribution is 6.30. The molecule has 0 saturated carbocycles. The van der Waals surface area contributed by atoms with Gasteiger partial charge in [-0.1, -0.05) is 11.6 Å². The van der Waals surface area contributed by atoms with E-state index < -0.39 is 11.8 Å². The van der Waals surface area contributed by atoms with E-state index in [2.05, 4.69) is 10.9 Å². The van der Waals surface area contributed by atoms with E-state index >= 15 is 0 Å². The first-order chi connectivity index (χ1) is 11.0. The van der Waals surface area contributed by atoms with Gasteiger partial charge in [-0.25, -0.2) is 0 Å². The molecular weight excluding hydrogens is 320 g/mol. The summed E-state index contributed by atoms with van der Waals surface area (Å²) < 4.78 is 10.2. The number of rotatable bonds is 4. The number of halogens is 1. The third kappa shape index (κ3) is 4.14.